The van der Waals surface area contributed by atoms with Crippen molar-refractivity contribution >= 4 is 10.0 Å². The third kappa shape index (κ3) is 7.93. The molecule has 0 saturated carbocycles. The Morgan fingerprint density at radius 3 is 2.13 bits per heavy atom. The van der Waals surface area contributed by atoms with Crippen LogP contribution in [0.2, 0.25) is 0 Å². The van der Waals surface area contributed by atoms with E-state index in [-0.39, 0.29) is 23.6 Å². The number of nitrogens with one attached hydrogen (secondary N) is 1. The monoisotopic (exact) mass is 567 g/mol. The van der Waals surface area contributed by atoms with E-state index < -0.39 is 45.0 Å². The molecule has 1 aromatic heterocycles. The molecule has 6 nitrogen and oxygen atoms in total. The zero-order valence-corrected chi connectivity index (χ0v) is 21.2. The first-order chi connectivity index (χ1) is 17.4. The van der Waals surface area contributed by atoms with E-state index in [9.17, 15) is 39.2 Å². The lowest BCUT2D eigenvalue weighted by atomic mass is 9.93. The van der Waals surface area contributed by atoms with Gasteiger partial charge in [0.1, 0.15) is 11.6 Å². The molecule has 1 N–H and O–H groups in total. The van der Waals surface area contributed by atoms with Gasteiger partial charge < -0.3 is 4.74 Å². The minimum atomic E-state index is -4.95. The Morgan fingerprint density at radius 2 is 1.58 bits per heavy atom. The number of hydrogen-bond acceptors (Lipinski definition) is 4. The molecule has 1 heterocycles. The highest BCUT2D eigenvalue weighted by atomic mass is 32.2. The minimum Gasteiger partial charge on any atom is -0.439 e. The summed E-state index contributed by atoms with van der Waals surface area (Å²) in [6, 6.07) is 9.23. The smallest absolute Gasteiger partial charge is 0.416 e. The number of aryl methyl sites for hydroxylation is 1. The second-order valence-corrected chi connectivity index (χ2v) is 10.8. The fourth-order valence-electron chi connectivity index (χ4n) is 3.70. The van der Waals surface area contributed by atoms with Gasteiger partial charge in [0.2, 0.25) is 15.9 Å². The van der Waals surface area contributed by atoms with Crippen LogP contribution in [-0.4, -0.2) is 30.1 Å². The van der Waals surface area contributed by atoms with Crippen molar-refractivity contribution in [3.05, 3.63) is 76.7 Å². The Labute approximate surface area is 214 Å². The van der Waals surface area contributed by atoms with Crippen LogP contribution in [0.4, 0.5) is 30.7 Å². The molecule has 0 spiro atoms. The molecule has 0 amide bonds. The molecule has 2 aromatic carbocycles. The van der Waals surface area contributed by atoms with Crippen LogP contribution in [0.25, 0.3) is 0 Å². The number of benzene rings is 2. The van der Waals surface area contributed by atoms with Crippen LogP contribution in [0.15, 0.2) is 48.5 Å². The lowest BCUT2D eigenvalue weighted by Gasteiger charge is -2.27. The van der Waals surface area contributed by atoms with Crippen LogP contribution < -0.4 is 9.46 Å². The summed E-state index contributed by atoms with van der Waals surface area (Å²) in [6.07, 6.45) is -9.40. The summed E-state index contributed by atoms with van der Waals surface area (Å²) < 4.78 is 124. The van der Waals surface area contributed by atoms with Crippen molar-refractivity contribution in [1.29, 1.82) is 0 Å². The largest absolute Gasteiger partial charge is 0.439 e. The number of halogens is 7. The van der Waals surface area contributed by atoms with Crippen molar-refractivity contribution in [2.45, 2.75) is 51.6 Å². The lowest BCUT2D eigenvalue weighted by molar-refractivity contribution is -0.137. The van der Waals surface area contributed by atoms with Gasteiger partial charge in [-0.2, -0.15) is 31.4 Å². The molecule has 0 aliphatic rings. The Balaban J connectivity index is 1.82. The summed E-state index contributed by atoms with van der Waals surface area (Å²) in [7, 11) is -4.77. The second-order valence-electron chi connectivity index (χ2n) is 9.04. The molecule has 14 heteroatoms. The van der Waals surface area contributed by atoms with Gasteiger partial charge in [-0.3, -0.25) is 0 Å². The normalized spacial score (nSPS) is 13.1. The minimum absolute atomic E-state index is 0.0481. The maximum Gasteiger partial charge on any atom is 0.416 e. The van der Waals surface area contributed by atoms with E-state index in [0.29, 0.717) is 17.8 Å². The Kier molecular flexibility index (Phi) is 8.18. The van der Waals surface area contributed by atoms with Gasteiger partial charge in [-0.1, -0.05) is 6.07 Å². The van der Waals surface area contributed by atoms with Crippen molar-refractivity contribution in [2.24, 2.45) is 0 Å². The predicted octanol–water partition coefficient (Wildman–Crippen LogP) is 6.16. The highest BCUT2D eigenvalue weighted by Gasteiger charge is 2.38. The van der Waals surface area contributed by atoms with Gasteiger partial charge in [0.25, 0.3) is 0 Å². The summed E-state index contributed by atoms with van der Waals surface area (Å²) in [6.45, 7) is 4.72. The highest BCUT2D eigenvalue weighted by Crippen LogP contribution is 2.32. The average Bonchev–Trinajstić information content (AvgIpc) is 3.11. The molecule has 208 valence electrons. The molecule has 38 heavy (non-hydrogen) atoms. The van der Waals surface area contributed by atoms with E-state index in [1.54, 1.807) is 6.92 Å². The number of ether oxygens (including phenoxy) is 1. The SMILES string of the molecule is CCn1nc(Cc2cc(F)cc(C(C)(C)NS(=O)(=O)CC(F)(F)F)c2)cc1Oc1ccc(C(F)(F)F)cc1. The van der Waals surface area contributed by atoms with Crippen LogP contribution in [0, 0.1) is 5.82 Å². The molecule has 0 radical (unpaired) electrons. The third-order valence-electron chi connectivity index (χ3n) is 5.33. The molecule has 3 rings (SSSR count). The van der Waals surface area contributed by atoms with Gasteiger partial charge >= 0.3 is 12.4 Å². The van der Waals surface area contributed by atoms with E-state index in [1.807, 2.05) is 4.72 Å². The topological polar surface area (TPSA) is 73.2 Å². The molecule has 0 aliphatic heterocycles. The Bertz CT molecular complexity index is 1380. The van der Waals surface area contributed by atoms with Gasteiger partial charge in [-0.25, -0.2) is 22.2 Å². The van der Waals surface area contributed by atoms with E-state index in [1.165, 1.54) is 36.7 Å². The molecule has 3 aromatic rings. The second kappa shape index (κ2) is 10.6. The molecule has 0 aliphatic carbocycles. The van der Waals surface area contributed by atoms with Gasteiger partial charge in [-0.15, -0.1) is 0 Å². The summed E-state index contributed by atoms with van der Waals surface area (Å²) in [5, 5.41) is 4.35. The van der Waals surface area contributed by atoms with Gasteiger partial charge in [0, 0.05) is 19.0 Å². The first-order valence-electron chi connectivity index (χ1n) is 11.2. The molecule has 0 bridgehead atoms. The number of alkyl halides is 6. The third-order valence-corrected chi connectivity index (χ3v) is 6.85. The molecule has 0 atom stereocenters. The first-order valence-corrected chi connectivity index (χ1v) is 12.8. The quantitative estimate of drug-likeness (QED) is 0.315. The van der Waals surface area contributed by atoms with Crippen molar-refractivity contribution in [3.63, 3.8) is 0 Å². The number of nitrogens with zero attached hydrogens (tertiary/aromatic N) is 2. The number of sulfonamides is 1. The summed E-state index contributed by atoms with van der Waals surface area (Å²) in [5.74, 6) is -2.46. The lowest BCUT2D eigenvalue weighted by Crippen LogP contribution is -2.44. The van der Waals surface area contributed by atoms with Crippen molar-refractivity contribution in [3.8, 4) is 11.6 Å². The molecule has 0 unspecified atom stereocenters. The highest BCUT2D eigenvalue weighted by molar-refractivity contribution is 7.89. The van der Waals surface area contributed by atoms with Gasteiger partial charge in [-0.05, 0) is 68.3 Å². The van der Waals surface area contributed by atoms with Crippen LogP contribution in [0.1, 0.15) is 43.2 Å². The number of rotatable bonds is 9. The van der Waals surface area contributed by atoms with Gasteiger partial charge in [0.15, 0.2) is 5.75 Å². The molecule has 0 fully saturated rings. The van der Waals surface area contributed by atoms with Crippen molar-refractivity contribution in [1.82, 2.24) is 14.5 Å². The maximum absolute atomic E-state index is 14.4. The van der Waals surface area contributed by atoms with E-state index in [2.05, 4.69) is 5.10 Å². The molecule has 0 saturated heterocycles. The maximum atomic E-state index is 14.4. The average molecular weight is 568 g/mol. The summed E-state index contributed by atoms with van der Waals surface area (Å²) in [4.78, 5) is 0. The molecular weight excluding hydrogens is 543 g/mol. The van der Waals surface area contributed by atoms with Crippen LogP contribution >= 0.6 is 0 Å². The van der Waals surface area contributed by atoms with Crippen molar-refractivity contribution in [2.75, 3.05) is 5.75 Å². The Hall–Kier alpha value is -3.13. The number of hydrogen-bond donors (Lipinski definition) is 1. The zero-order valence-electron chi connectivity index (χ0n) is 20.4. The van der Waals surface area contributed by atoms with Crippen LogP contribution in [-0.2, 0) is 34.7 Å². The zero-order chi connectivity index (χ0) is 28.5. The van der Waals surface area contributed by atoms with Crippen LogP contribution in [0.3, 0.4) is 0 Å². The molecular formula is C24H24F7N3O3S. The van der Waals surface area contributed by atoms with E-state index in [4.69, 9.17) is 4.74 Å². The van der Waals surface area contributed by atoms with E-state index in [0.717, 1.165) is 30.3 Å². The first kappa shape index (κ1) is 29.4. The Morgan fingerprint density at radius 1 is 0.947 bits per heavy atom. The fraction of sp³-hybridized carbons (Fsp3) is 0.375. The fourth-order valence-corrected chi connectivity index (χ4v) is 5.10. The standard InChI is InChI=1S/C24H24F7N3O3S/c1-4-34-21(37-20-7-5-16(6-8-20)24(29,30)31)13-19(32-34)11-15-9-17(12-18(25)10-15)22(2,3)33-38(35,36)14-23(26,27)28/h5-10,12-13,33H,4,11,14H2,1-3H3. The summed E-state index contributed by atoms with van der Waals surface area (Å²) >= 11 is 0. The van der Waals surface area contributed by atoms with Gasteiger partial charge in [0.05, 0.1) is 16.8 Å². The van der Waals surface area contributed by atoms with Crippen molar-refractivity contribution < 1.29 is 43.9 Å². The number of aromatic nitrogens is 2. The predicted molar refractivity (Wildman–Crippen MR) is 125 cm³/mol. The summed E-state index contributed by atoms with van der Waals surface area (Å²) in [5.41, 5.74) is -1.55. The van der Waals surface area contributed by atoms with Crippen LogP contribution in [0.5, 0.6) is 11.6 Å². The van der Waals surface area contributed by atoms with E-state index >= 15 is 0 Å².